The first-order valence-corrected chi connectivity index (χ1v) is 8.50. The topological polar surface area (TPSA) is 79.2 Å². The molecular weight excluding hydrogens is 328 g/mol. The molecule has 1 saturated carbocycles. The van der Waals surface area contributed by atoms with Crippen molar-refractivity contribution in [2.75, 3.05) is 13.7 Å². The van der Waals surface area contributed by atoms with Gasteiger partial charge in [0.2, 0.25) is 5.91 Å². The number of amides is 1. The fraction of sp³-hybridized carbons (Fsp3) is 0.500. The molecule has 1 aliphatic carbocycles. The molecule has 1 fully saturated rings. The van der Waals surface area contributed by atoms with Crippen molar-refractivity contribution >= 4 is 23.3 Å². The van der Waals surface area contributed by atoms with Crippen LogP contribution in [-0.2, 0) is 9.59 Å². The fourth-order valence-electron chi connectivity index (χ4n) is 3.04. The molecule has 128 valence electrons. The summed E-state index contributed by atoms with van der Waals surface area (Å²) in [4.78, 5) is 23.6. The largest absolute Gasteiger partial charge is 0.485 e. The van der Waals surface area contributed by atoms with Crippen LogP contribution in [0.1, 0.15) is 43.6 Å². The molecule has 0 spiro atoms. The van der Waals surface area contributed by atoms with Gasteiger partial charge in [0, 0.05) is 12.1 Å². The van der Waals surface area contributed by atoms with Crippen molar-refractivity contribution in [3.8, 4) is 11.8 Å². The minimum Gasteiger partial charge on any atom is -0.485 e. The summed E-state index contributed by atoms with van der Waals surface area (Å²) in [6, 6.07) is 7.07. The van der Waals surface area contributed by atoms with Crippen LogP contribution in [0.25, 0.3) is 0 Å². The molecule has 1 N–H and O–H groups in total. The second-order valence-electron chi connectivity index (χ2n) is 5.95. The standard InChI is InChI=1S/C18H21ClN2O3/c1-21-18(23)15(10-20)16(22)11-24-17-8-7-13(19)9-14(17)12-5-3-2-4-6-12/h7-9,12,15H,2-6,11H2,1H3,(H,21,23)/t15-/m1/s1. The number of Topliss-reactive ketones (excluding diaryl/α,β-unsaturated/α-hetero) is 1. The van der Waals surface area contributed by atoms with Crippen LogP contribution in [0.5, 0.6) is 5.75 Å². The lowest BCUT2D eigenvalue weighted by Crippen LogP contribution is -2.34. The van der Waals surface area contributed by atoms with Crippen LogP contribution >= 0.6 is 11.6 Å². The number of rotatable bonds is 6. The summed E-state index contributed by atoms with van der Waals surface area (Å²) in [7, 11) is 1.39. The van der Waals surface area contributed by atoms with Crippen molar-refractivity contribution in [1.29, 1.82) is 5.26 Å². The number of carbonyl (C=O) groups excluding carboxylic acids is 2. The van der Waals surface area contributed by atoms with E-state index in [2.05, 4.69) is 5.32 Å². The van der Waals surface area contributed by atoms with Crippen LogP contribution < -0.4 is 10.1 Å². The highest BCUT2D eigenvalue weighted by Gasteiger charge is 2.26. The van der Waals surface area contributed by atoms with E-state index in [1.807, 2.05) is 6.07 Å². The average Bonchev–Trinajstić information content (AvgIpc) is 2.61. The van der Waals surface area contributed by atoms with Crippen LogP contribution in [0.2, 0.25) is 5.02 Å². The Hall–Kier alpha value is -2.06. The predicted molar refractivity (Wildman–Crippen MR) is 90.9 cm³/mol. The summed E-state index contributed by atoms with van der Waals surface area (Å²) in [5.41, 5.74) is 1.00. The Balaban J connectivity index is 2.10. The van der Waals surface area contributed by atoms with Crippen molar-refractivity contribution in [1.82, 2.24) is 5.32 Å². The highest BCUT2D eigenvalue weighted by molar-refractivity contribution is 6.30. The number of nitrogens with one attached hydrogen (secondary N) is 1. The SMILES string of the molecule is CNC(=O)[C@H](C#N)C(=O)COc1ccc(Cl)cc1C1CCCCC1. The first-order chi connectivity index (χ1) is 11.6. The van der Waals surface area contributed by atoms with Gasteiger partial charge in [0.1, 0.15) is 12.4 Å². The van der Waals surface area contributed by atoms with E-state index in [9.17, 15) is 9.59 Å². The molecule has 1 aliphatic rings. The van der Waals surface area contributed by atoms with Gasteiger partial charge in [-0.25, -0.2) is 0 Å². The molecule has 1 aromatic carbocycles. The minimum atomic E-state index is -1.35. The molecule has 0 unspecified atom stereocenters. The molecule has 5 nitrogen and oxygen atoms in total. The zero-order chi connectivity index (χ0) is 17.5. The van der Waals surface area contributed by atoms with Gasteiger partial charge in [-0.1, -0.05) is 30.9 Å². The maximum Gasteiger partial charge on any atom is 0.244 e. The first-order valence-electron chi connectivity index (χ1n) is 8.13. The van der Waals surface area contributed by atoms with E-state index in [0.29, 0.717) is 16.7 Å². The van der Waals surface area contributed by atoms with Gasteiger partial charge in [-0.3, -0.25) is 9.59 Å². The first kappa shape index (κ1) is 18.3. The lowest BCUT2D eigenvalue weighted by atomic mass is 9.84. The van der Waals surface area contributed by atoms with Crippen molar-refractivity contribution in [3.05, 3.63) is 28.8 Å². The van der Waals surface area contributed by atoms with Crippen molar-refractivity contribution < 1.29 is 14.3 Å². The Bertz CT molecular complexity index is 648. The molecule has 0 saturated heterocycles. The summed E-state index contributed by atoms with van der Waals surface area (Å²) >= 11 is 6.11. The second kappa shape index (κ2) is 8.70. The number of halogens is 1. The third-order valence-corrected chi connectivity index (χ3v) is 4.58. The summed E-state index contributed by atoms with van der Waals surface area (Å²) in [6.07, 6.45) is 5.72. The lowest BCUT2D eigenvalue weighted by molar-refractivity contribution is -0.132. The smallest absolute Gasteiger partial charge is 0.244 e. The molecule has 24 heavy (non-hydrogen) atoms. The molecule has 0 bridgehead atoms. The molecule has 6 heteroatoms. The molecule has 0 aliphatic heterocycles. The molecule has 0 heterocycles. The average molecular weight is 349 g/mol. The number of carbonyl (C=O) groups is 2. The zero-order valence-electron chi connectivity index (χ0n) is 13.7. The van der Waals surface area contributed by atoms with E-state index in [1.165, 1.54) is 26.3 Å². The number of nitrogens with zero attached hydrogens (tertiary/aromatic N) is 1. The number of ether oxygens (including phenoxy) is 1. The van der Waals surface area contributed by atoms with Gasteiger partial charge in [-0.05, 0) is 42.5 Å². The van der Waals surface area contributed by atoms with Gasteiger partial charge in [0.25, 0.3) is 0 Å². The Morgan fingerprint density at radius 2 is 2.08 bits per heavy atom. The normalized spacial score (nSPS) is 16.0. The Kier molecular flexibility index (Phi) is 6.62. The zero-order valence-corrected chi connectivity index (χ0v) is 14.4. The van der Waals surface area contributed by atoms with Crippen molar-refractivity contribution in [2.24, 2.45) is 5.92 Å². The third kappa shape index (κ3) is 4.48. The van der Waals surface area contributed by atoms with Crippen molar-refractivity contribution in [3.63, 3.8) is 0 Å². The molecule has 1 atom stereocenters. The number of ketones is 1. The summed E-state index contributed by atoms with van der Waals surface area (Å²) in [5, 5.41) is 11.9. The summed E-state index contributed by atoms with van der Waals surface area (Å²) < 4.78 is 5.65. The Morgan fingerprint density at radius 1 is 1.38 bits per heavy atom. The molecule has 1 aromatic rings. The maximum absolute atomic E-state index is 12.1. The predicted octanol–water partition coefficient (Wildman–Crippen LogP) is 3.22. The van der Waals surface area contributed by atoms with E-state index in [4.69, 9.17) is 21.6 Å². The van der Waals surface area contributed by atoms with E-state index < -0.39 is 17.6 Å². The van der Waals surface area contributed by atoms with Crippen LogP contribution in [0.15, 0.2) is 18.2 Å². The van der Waals surface area contributed by atoms with E-state index >= 15 is 0 Å². The molecule has 1 amide bonds. The van der Waals surface area contributed by atoms with Gasteiger partial charge in [0.15, 0.2) is 11.7 Å². The highest BCUT2D eigenvalue weighted by Crippen LogP contribution is 2.38. The highest BCUT2D eigenvalue weighted by atomic mass is 35.5. The van der Waals surface area contributed by atoms with Gasteiger partial charge in [-0.2, -0.15) is 5.26 Å². The van der Waals surface area contributed by atoms with Crippen LogP contribution in [-0.4, -0.2) is 25.3 Å². The Morgan fingerprint density at radius 3 is 2.71 bits per heavy atom. The minimum absolute atomic E-state index is 0.313. The number of hydrogen-bond acceptors (Lipinski definition) is 4. The third-order valence-electron chi connectivity index (χ3n) is 4.35. The molecule has 0 radical (unpaired) electrons. The van der Waals surface area contributed by atoms with Gasteiger partial charge in [-0.15, -0.1) is 0 Å². The summed E-state index contributed by atoms with van der Waals surface area (Å²) in [5.74, 6) is -1.54. The van der Waals surface area contributed by atoms with E-state index in [-0.39, 0.29) is 6.61 Å². The number of benzene rings is 1. The Labute approximate surface area is 146 Å². The quantitative estimate of drug-likeness (QED) is 0.800. The van der Waals surface area contributed by atoms with E-state index in [1.54, 1.807) is 18.2 Å². The van der Waals surface area contributed by atoms with E-state index in [0.717, 1.165) is 18.4 Å². The van der Waals surface area contributed by atoms with Gasteiger partial charge in [0.05, 0.1) is 6.07 Å². The summed E-state index contributed by atoms with van der Waals surface area (Å²) in [6.45, 7) is -0.313. The van der Waals surface area contributed by atoms with Gasteiger partial charge >= 0.3 is 0 Å². The van der Waals surface area contributed by atoms with Crippen molar-refractivity contribution in [2.45, 2.75) is 38.0 Å². The van der Waals surface area contributed by atoms with Crippen LogP contribution in [0.3, 0.4) is 0 Å². The lowest BCUT2D eigenvalue weighted by Gasteiger charge is -2.24. The molecular formula is C18H21ClN2O3. The number of hydrogen-bond donors (Lipinski definition) is 1. The molecule has 2 rings (SSSR count). The monoisotopic (exact) mass is 348 g/mol. The van der Waals surface area contributed by atoms with Crippen LogP contribution in [0.4, 0.5) is 0 Å². The fourth-order valence-corrected chi connectivity index (χ4v) is 3.22. The molecule has 0 aromatic heterocycles. The van der Waals surface area contributed by atoms with Gasteiger partial charge < -0.3 is 10.1 Å². The van der Waals surface area contributed by atoms with Crippen LogP contribution in [0, 0.1) is 17.2 Å². The number of nitriles is 1. The second-order valence-corrected chi connectivity index (χ2v) is 6.38. The maximum atomic E-state index is 12.1.